The lowest BCUT2D eigenvalue weighted by Crippen LogP contribution is -2.43. The number of aromatic amines is 1. The first-order valence-electron chi connectivity index (χ1n) is 11.2. The third-order valence-electron chi connectivity index (χ3n) is 5.82. The number of rotatable bonds is 4. The topological polar surface area (TPSA) is 95.2 Å². The number of aryl methyl sites for hydroxylation is 3. The lowest BCUT2D eigenvalue weighted by molar-refractivity contribution is -0.121. The number of anilines is 1. The highest BCUT2D eigenvalue weighted by Gasteiger charge is 2.29. The molecule has 2 aromatic carbocycles. The molecule has 1 atom stereocenters. The molecule has 1 fully saturated rings. The Morgan fingerprint density at radius 3 is 2.55 bits per heavy atom. The van der Waals surface area contributed by atoms with E-state index in [-0.39, 0.29) is 23.3 Å². The molecule has 33 heavy (non-hydrogen) atoms. The summed E-state index contributed by atoms with van der Waals surface area (Å²) in [7, 11) is 0. The molecule has 170 valence electrons. The van der Waals surface area contributed by atoms with Crippen LogP contribution in [0.1, 0.15) is 40.0 Å². The molecule has 1 aliphatic heterocycles. The maximum atomic E-state index is 13.0. The maximum Gasteiger partial charge on any atom is 0.253 e. The SMILES string of the molecule is Cc1cc(C)cc(C(=O)N2CCCC(C(=O)Nc3cccc(-c4nc(C)cc(=O)[nH]4)c3)C2)c1. The van der Waals surface area contributed by atoms with E-state index < -0.39 is 0 Å². The van der Waals surface area contributed by atoms with Gasteiger partial charge in [-0.25, -0.2) is 4.98 Å². The largest absolute Gasteiger partial charge is 0.338 e. The van der Waals surface area contributed by atoms with Crippen LogP contribution in [0, 0.1) is 26.7 Å². The van der Waals surface area contributed by atoms with Gasteiger partial charge >= 0.3 is 0 Å². The summed E-state index contributed by atoms with van der Waals surface area (Å²) < 4.78 is 0. The molecule has 1 aliphatic rings. The van der Waals surface area contributed by atoms with E-state index in [0.717, 1.165) is 24.0 Å². The van der Waals surface area contributed by atoms with Crippen LogP contribution in [0.2, 0.25) is 0 Å². The Hall–Kier alpha value is -3.74. The fourth-order valence-electron chi connectivity index (χ4n) is 4.36. The van der Waals surface area contributed by atoms with Gasteiger partial charge in [-0.05, 0) is 57.9 Å². The summed E-state index contributed by atoms with van der Waals surface area (Å²) in [6.45, 7) is 6.76. The zero-order valence-electron chi connectivity index (χ0n) is 19.1. The number of nitrogens with one attached hydrogen (secondary N) is 2. The van der Waals surface area contributed by atoms with Crippen LogP contribution in [-0.2, 0) is 4.79 Å². The number of amides is 2. The highest BCUT2D eigenvalue weighted by Crippen LogP contribution is 2.23. The Bertz CT molecular complexity index is 1240. The van der Waals surface area contributed by atoms with Gasteiger partial charge in [0.15, 0.2) is 0 Å². The summed E-state index contributed by atoms with van der Waals surface area (Å²) in [5.41, 5.74) is 4.51. The van der Waals surface area contributed by atoms with E-state index >= 15 is 0 Å². The maximum absolute atomic E-state index is 13.0. The van der Waals surface area contributed by atoms with E-state index in [0.29, 0.717) is 41.4 Å². The zero-order valence-corrected chi connectivity index (χ0v) is 19.1. The van der Waals surface area contributed by atoms with Crippen molar-refractivity contribution in [3.63, 3.8) is 0 Å². The average Bonchev–Trinajstić information content (AvgIpc) is 2.77. The van der Waals surface area contributed by atoms with Gasteiger partial charge in [-0.1, -0.05) is 29.3 Å². The second-order valence-electron chi connectivity index (χ2n) is 8.77. The summed E-state index contributed by atoms with van der Waals surface area (Å²) in [5.74, 6) is 0.0275. The number of carbonyl (C=O) groups is 2. The predicted octanol–water partition coefficient (Wildman–Crippen LogP) is 3.85. The number of nitrogens with zero attached hydrogens (tertiary/aromatic N) is 2. The van der Waals surface area contributed by atoms with Crippen LogP contribution >= 0.6 is 0 Å². The first-order chi connectivity index (χ1) is 15.8. The van der Waals surface area contributed by atoms with Gasteiger partial charge in [0.2, 0.25) is 5.91 Å². The molecule has 0 bridgehead atoms. The molecule has 2 heterocycles. The molecule has 1 unspecified atom stereocenters. The lowest BCUT2D eigenvalue weighted by atomic mass is 9.96. The molecule has 0 radical (unpaired) electrons. The Labute approximate surface area is 192 Å². The van der Waals surface area contributed by atoms with Gasteiger partial charge in [0, 0.05) is 41.7 Å². The third kappa shape index (κ3) is 5.37. The summed E-state index contributed by atoms with van der Waals surface area (Å²) in [6.07, 6.45) is 1.51. The Kier molecular flexibility index (Phi) is 6.40. The number of hydrogen-bond acceptors (Lipinski definition) is 4. The van der Waals surface area contributed by atoms with Crippen molar-refractivity contribution >= 4 is 17.5 Å². The number of likely N-dealkylation sites (tertiary alicyclic amines) is 1. The molecular weight excluding hydrogens is 416 g/mol. The molecule has 0 spiro atoms. The molecular formula is C26H28N4O3. The van der Waals surface area contributed by atoms with Crippen LogP contribution in [-0.4, -0.2) is 39.8 Å². The van der Waals surface area contributed by atoms with E-state index in [1.165, 1.54) is 6.07 Å². The summed E-state index contributed by atoms with van der Waals surface area (Å²) >= 11 is 0. The van der Waals surface area contributed by atoms with Gasteiger partial charge in [0.05, 0.1) is 5.92 Å². The first kappa shape index (κ1) is 22.5. The number of benzene rings is 2. The van der Waals surface area contributed by atoms with Crippen molar-refractivity contribution in [2.75, 3.05) is 18.4 Å². The van der Waals surface area contributed by atoms with Crippen molar-refractivity contribution in [1.29, 1.82) is 0 Å². The standard InChI is InChI=1S/C26H28N4O3/c1-16-10-17(2)12-21(11-16)26(33)30-9-5-7-20(15-30)25(32)28-22-8-4-6-19(14-22)24-27-18(3)13-23(31)29-24/h4,6,8,10-14,20H,5,7,9,15H2,1-3H3,(H,28,32)(H,27,29,31). The minimum atomic E-state index is -0.283. The Balaban J connectivity index is 1.46. The van der Waals surface area contributed by atoms with Crippen molar-refractivity contribution in [3.05, 3.63) is 81.3 Å². The van der Waals surface area contributed by atoms with Crippen LogP contribution < -0.4 is 10.9 Å². The van der Waals surface area contributed by atoms with Crippen molar-refractivity contribution in [2.24, 2.45) is 5.92 Å². The summed E-state index contributed by atoms with van der Waals surface area (Å²) in [6, 6.07) is 14.5. The van der Waals surface area contributed by atoms with Crippen LogP contribution in [0.3, 0.4) is 0 Å². The first-order valence-corrected chi connectivity index (χ1v) is 11.2. The zero-order chi connectivity index (χ0) is 23.5. The third-order valence-corrected chi connectivity index (χ3v) is 5.82. The quantitative estimate of drug-likeness (QED) is 0.639. The van der Waals surface area contributed by atoms with E-state index in [1.54, 1.807) is 24.0 Å². The molecule has 0 aliphatic carbocycles. The van der Waals surface area contributed by atoms with Gasteiger partial charge < -0.3 is 15.2 Å². The molecule has 0 saturated carbocycles. The molecule has 3 aromatic rings. The minimum absolute atomic E-state index is 0.0317. The van der Waals surface area contributed by atoms with Crippen molar-refractivity contribution in [3.8, 4) is 11.4 Å². The van der Waals surface area contributed by atoms with Gasteiger partial charge in [-0.3, -0.25) is 14.4 Å². The van der Waals surface area contributed by atoms with Gasteiger partial charge in [0.1, 0.15) is 5.82 Å². The lowest BCUT2D eigenvalue weighted by Gasteiger charge is -2.32. The van der Waals surface area contributed by atoms with E-state index in [9.17, 15) is 14.4 Å². The van der Waals surface area contributed by atoms with Crippen molar-refractivity contribution in [2.45, 2.75) is 33.6 Å². The van der Waals surface area contributed by atoms with Crippen LogP contribution in [0.4, 0.5) is 5.69 Å². The molecule has 7 nitrogen and oxygen atoms in total. The van der Waals surface area contributed by atoms with Gasteiger partial charge in [-0.15, -0.1) is 0 Å². The van der Waals surface area contributed by atoms with Gasteiger partial charge in [-0.2, -0.15) is 0 Å². The van der Waals surface area contributed by atoms with E-state index in [1.807, 2.05) is 44.2 Å². The van der Waals surface area contributed by atoms with Crippen LogP contribution in [0.25, 0.3) is 11.4 Å². The average molecular weight is 445 g/mol. The number of hydrogen-bond donors (Lipinski definition) is 2. The molecule has 2 amide bonds. The Morgan fingerprint density at radius 2 is 1.82 bits per heavy atom. The molecule has 7 heteroatoms. The van der Waals surface area contributed by atoms with Gasteiger partial charge in [0.25, 0.3) is 11.5 Å². The van der Waals surface area contributed by atoms with E-state index in [2.05, 4.69) is 15.3 Å². The minimum Gasteiger partial charge on any atom is -0.338 e. The Morgan fingerprint density at radius 1 is 1.06 bits per heavy atom. The van der Waals surface area contributed by atoms with Crippen LogP contribution in [0.5, 0.6) is 0 Å². The summed E-state index contributed by atoms with van der Waals surface area (Å²) in [4.78, 5) is 46.7. The number of H-pyrrole nitrogens is 1. The molecule has 1 saturated heterocycles. The molecule has 4 rings (SSSR count). The monoisotopic (exact) mass is 444 g/mol. The fraction of sp³-hybridized carbons (Fsp3) is 0.308. The normalized spacial score (nSPS) is 15.8. The highest BCUT2D eigenvalue weighted by atomic mass is 16.2. The number of piperidine rings is 1. The summed E-state index contributed by atoms with van der Waals surface area (Å²) in [5, 5.41) is 2.97. The number of aromatic nitrogens is 2. The second-order valence-corrected chi connectivity index (χ2v) is 8.77. The van der Waals surface area contributed by atoms with Crippen molar-refractivity contribution in [1.82, 2.24) is 14.9 Å². The second kappa shape index (κ2) is 9.40. The predicted molar refractivity (Wildman–Crippen MR) is 128 cm³/mol. The molecule has 1 aromatic heterocycles. The van der Waals surface area contributed by atoms with E-state index in [4.69, 9.17) is 0 Å². The fourth-order valence-corrected chi connectivity index (χ4v) is 4.36. The highest BCUT2D eigenvalue weighted by molar-refractivity contribution is 5.96. The number of carbonyl (C=O) groups excluding carboxylic acids is 2. The van der Waals surface area contributed by atoms with Crippen LogP contribution in [0.15, 0.2) is 53.3 Å². The molecule has 2 N–H and O–H groups in total. The smallest absolute Gasteiger partial charge is 0.253 e. The van der Waals surface area contributed by atoms with Crippen molar-refractivity contribution < 1.29 is 9.59 Å².